The van der Waals surface area contributed by atoms with Crippen molar-refractivity contribution < 1.29 is 17.2 Å². The van der Waals surface area contributed by atoms with E-state index in [9.17, 15) is 17.2 Å². The minimum atomic E-state index is -4.09. The van der Waals surface area contributed by atoms with Crippen molar-refractivity contribution in [2.24, 2.45) is 0 Å². The molecule has 0 bridgehead atoms. The molecule has 0 atom stereocenters. The summed E-state index contributed by atoms with van der Waals surface area (Å²) in [6.07, 6.45) is 0. The molecule has 4 nitrogen and oxygen atoms in total. The minimum absolute atomic E-state index is 0.112. The topological polar surface area (TPSA) is 72.2 Å². The Balaban J connectivity index is 3.15. The van der Waals surface area contributed by atoms with Crippen molar-refractivity contribution >= 4 is 31.6 Å². The molecule has 0 aliphatic carbocycles. The lowest BCUT2D eigenvalue weighted by atomic mass is 10.3. The Morgan fingerprint density at radius 2 is 2.00 bits per heavy atom. The van der Waals surface area contributed by atoms with Gasteiger partial charge in [-0.25, -0.2) is 21.9 Å². The average Bonchev–Trinajstić information content (AvgIpc) is 2.20. The third-order valence-corrected chi connectivity index (χ3v) is 3.49. The molecule has 1 aromatic rings. The van der Waals surface area contributed by atoms with Gasteiger partial charge in [-0.2, -0.15) is 0 Å². The standard InChI is InChI=1S/C9H9BrF2N2O2S/c1-5(10)4-14-17(15,16)9-3-8(13)6(11)2-7(9)12/h2-3,14H,1,4,13H2. The molecule has 0 aliphatic heterocycles. The largest absolute Gasteiger partial charge is 0.396 e. The summed E-state index contributed by atoms with van der Waals surface area (Å²) >= 11 is 2.94. The van der Waals surface area contributed by atoms with Crippen molar-refractivity contribution in [3.05, 3.63) is 34.8 Å². The zero-order valence-corrected chi connectivity index (χ0v) is 10.9. The Morgan fingerprint density at radius 1 is 1.41 bits per heavy atom. The van der Waals surface area contributed by atoms with E-state index in [-0.39, 0.29) is 6.54 Å². The van der Waals surface area contributed by atoms with E-state index in [1.807, 2.05) is 0 Å². The molecule has 0 aliphatic rings. The maximum atomic E-state index is 13.3. The molecular formula is C9H9BrF2N2O2S. The molecule has 94 valence electrons. The van der Waals surface area contributed by atoms with E-state index >= 15 is 0 Å². The fourth-order valence-electron chi connectivity index (χ4n) is 1.00. The molecule has 1 aromatic carbocycles. The molecule has 0 aromatic heterocycles. The predicted molar refractivity (Wildman–Crippen MR) is 64.0 cm³/mol. The molecule has 0 heterocycles. The molecule has 0 radical (unpaired) electrons. The van der Waals surface area contributed by atoms with E-state index in [4.69, 9.17) is 5.73 Å². The van der Waals surface area contributed by atoms with Crippen molar-refractivity contribution in [2.75, 3.05) is 12.3 Å². The summed E-state index contributed by atoms with van der Waals surface area (Å²) in [7, 11) is -4.09. The van der Waals surface area contributed by atoms with Gasteiger partial charge < -0.3 is 5.73 Å². The quantitative estimate of drug-likeness (QED) is 0.828. The number of rotatable bonds is 4. The number of hydrogen-bond donors (Lipinski definition) is 2. The second kappa shape index (κ2) is 5.11. The number of nitrogens with one attached hydrogen (secondary N) is 1. The van der Waals surface area contributed by atoms with Crippen LogP contribution in [0.3, 0.4) is 0 Å². The molecule has 0 spiro atoms. The highest BCUT2D eigenvalue weighted by Gasteiger charge is 2.20. The summed E-state index contributed by atoms with van der Waals surface area (Å²) in [5, 5.41) is 0. The van der Waals surface area contributed by atoms with Crippen molar-refractivity contribution in [3.8, 4) is 0 Å². The number of hydrogen-bond acceptors (Lipinski definition) is 3. The van der Waals surface area contributed by atoms with Crippen LogP contribution in [0.25, 0.3) is 0 Å². The van der Waals surface area contributed by atoms with Crippen LogP contribution in [0.4, 0.5) is 14.5 Å². The first kappa shape index (κ1) is 14.1. The average molecular weight is 327 g/mol. The van der Waals surface area contributed by atoms with Crippen molar-refractivity contribution in [1.29, 1.82) is 0 Å². The van der Waals surface area contributed by atoms with Gasteiger partial charge >= 0.3 is 0 Å². The molecule has 0 unspecified atom stereocenters. The molecule has 3 N–H and O–H groups in total. The summed E-state index contributed by atoms with van der Waals surface area (Å²) in [6, 6.07) is 1.15. The summed E-state index contributed by atoms with van der Waals surface area (Å²) in [5.41, 5.74) is 4.74. The maximum absolute atomic E-state index is 13.3. The Morgan fingerprint density at radius 3 is 2.53 bits per heavy atom. The molecule has 17 heavy (non-hydrogen) atoms. The fourth-order valence-corrected chi connectivity index (χ4v) is 2.45. The highest BCUT2D eigenvalue weighted by atomic mass is 79.9. The summed E-state index contributed by atoms with van der Waals surface area (Å²) in [6.45, 7) is 3.31. The van der Waals surface area contributed by atoms with E-state index in [0.29, 0.717) is 10.5 Å². The van der Waals surface area contributed by atoms with Gasteiger partial charge in [-0.05, 0) is 6.07 Å². The van der Waals surface area contributed by atoms with Crippen LogP contribution in [0.5, 0.6) is 0 Å². The minimum Gasteiger partial charge on any atom is -0.396 e. The molecule has 0 saturated carbocycles. The van der Waals surface area contributed by atoms with Gasteiger partial charge in [0.05, 0.1) is 5.69 Å². The first-order valence-electron chi connectivity index (χ1n) is 4.31. The van der Waals surface area contributed by atoms with Gasteiger partial charge in [0.15, 0.2) is 0 Å². The Hall–Kier alpha value is -0.990. The van der Waals surface area contributed by atoms with Gasteiger partial charge in [0.1, 0.15) is 16.5 Å². The van der Waals surface area contributed by atoms with E-state index in [1.54, 1.807) is 0 Å². The lowest BCUT2D eigenvalue weighted by Gasteiger charge is -2.08. The van der Waals surface area contributed by atoms with E-state index in [1.165, 1.54) is 0 Å². The van der Waals surface area contributed by atoms with Crippen LogP contribution in [0.2, 0.25) is 0 Å². The van der Waals surface area contributed by atoms with E-state index in [2.05, 4.69) is 27.2 Å². The molecule has 1 rings (SSSR count). The highest BCUT2D eigenvalue weighted by Crippen LogP contribution is 2.20. The zero-order valence-electron chi connectivity index (χ0n) is 8.50. The van der Waals surface area contributed by atoms with Crippen LogP contribution in [0.1, 0.15) is 0 Å². The van der Waals surface area contributed by atoms with Gasteiger partial charge in [-0.1, -0.05) is 22.5 Å². The smallest absolute Gasteiger partial charge is 0.243 e. The normalized spacial score (nSPS) is 11.5. The number of nitrogens with two attached hydrogens (primary N) is 1. The molecule has 0 amide bonds. The van der Waals surface area contributed by atoms with Crippen LogP contribution >= 0.6 is 15.9 Å². The predicted octanol–water partition coefficient (Wildman–Crippen LogP) is 1.73. The van der Waals surface area contributed by atoms with Crippen molar-refractivity contribution in [1.82, 2.24) is 4.72 Å². The van der Waals surface area contributed by atoms with Crippen LogP contribution < -0.4 is 10.5 Å². The van der Waals surface area contributed by atoms with Crippen molar-refractivity contribution in [2.45, 2.75) is 4.90 Å². The Kier molecular flexibility index (Phi) is 4.23. The zero-order chi connectivity index (χ0) is 13.2. The van der Waals surface area contributed by atoms with E-state index in [0.717, 1.165) is 6.07 Å². The summed E-state index contributed by atoms with van der Waals surface area (Å²) < 4.78 is 51.9. The number of nitrogen functional groups attached to an aromatic ring is 1. The second-order valence-electron chi connectivity index (χ2n) is 3.15. The first-order valence-corrected chi connectivity index (χ1v) is 6.59. The first-order chi connectivity index (χ1) is 7.74. The monoisotopic (exact) mass is 326 g/mol. The summed E-state index contributed by atoms with van der Waals surface area (Å²) in [5.74, 6) is -2.21. The lowest BCUT2D eigenvalue weighted by molar-refractivity contribution is 0.546. The number of halogens is 3. The third-order valence-electron chi connectivity index (χ3n) is 1.79. The van der Waals surface area contributed by atoms with Gasteiger partial charge in [0, 0.05) is 17.1 Å². The van der Waals surface area contributed by atoms with Gasteiger partial charge in [0.2, 0.25) is 10.0 Å². The number of benzene rings is 1. The van der Waals surface area contributed by atoms with Crippen molar-refractivity contribution in [3.63, 3.8) is 0 Å². The van der Waals surface area contributed by atoms with Gasteiger partial charge in [0.25, 0.3) is 0 Å². The van der Waals surface area contributed by atoms with Crippen LogP contribution in [-0.4, -0.2) is 15.0 Å². The SMILES string of the molecule is C=C(Br)CNS(=O)(=O)c1cc(N)c(F)cc1F. The molecule has 0 saturated heterocycles. The Labute approximate surface area is 106 Å². The van der Waals surface area contributed by atoms with Crippen LogP contribution in [0.15, 0.2) is 28.1 Å². The van der Waals surface area contributed by atoms with Crippen LogP contribution in [0, 0.1) is 11.6 Å². The molecule has 8 heteroatoms. The highest BCUT2D eigenvalue weighted by molar-refractivity contribution is 9.11. The van der Waals surface area contributed by atoms with Gasteiger partial charge in [-0.3, -0.25) is 0 Å². The summed E-state index contributed by atoms with van der Waals surface area (Å²) in [4.78, 5) is -0.704. The molecule has 0 fully saturated rings. The number of anilines is 1. The van der Waals surface area contributed by atoms with Gasteiger partial charge in [-0.15, -0.1) is 0 Å². The molecular weight excluding hydrogens is 318 g/mol. The van der Waals surface area contributed by atoms with E-state index < -0.39 is 32.2 Å². The maximum Gasteiger partial charge on any atom is 0.243 e. The third kappa shape index (κ3) is 3.48. The number of sulfonamides is 1. The fraction of sp³-hybridized carbons (Fsp3) is 0.111. The lowest BCUT2D eigenvalue weighted by Crippen LogP contribution is -2.26. The Bertz CT molecular complexity index is 560. The second-order valence-corrected chi connectivity index (χ2v) is 6.00. The van der Waals surface area contributed by atoms with Crippen LogP contribution in [-0.2, 0) is 10.0 Å².